The van der Waals surface area contributed by atoms with Crippen LogP contribution in [0.4, 0.5) is 10.8 Å². The molecule has 2 aromatic carbocycles. The quantitative estimate of drug-likeness (QED) is 0.426. The Hall–Kier alpha value is -3.59. The third-order valence-electron chi connectivity index (χ3n) is 3.80. The maximum absolute atomic E-state index is 12.6. The van der Waals surface area contributed by atoms with Crippen molar-refractivity contribution in [2.45, 2.75) is 0 Å². The van der Waals surface area contributed by atoms with Gasteiger partial charge in [-0.05, 0) is 12.1 Å². The Morgan fingerprint density at radius 3 is 2.81 bits per heavy atom. The van der Waals surface area contributed by atoms with E-state index in [1.54, 1.807) is 24.3 Å². The molecule has 2 aromatic heterocycles. The van der Waals surface area contributed by atoms with Gasteiger partial charge in [0.15, 0.2) is 5.13 Å². The minimum Gasteiger partial charge on any atom is -0.322 e. The van der Waals surface area contributed by atoms with Crippen LogP contribution in [0.3, 0.4) is 0 Å². The summed E-state index contributed by atoms with van der Waals surface area (Å²) < 4.78 is 0.588. The van der Waals surface area contributed by atoms with Gasteiger partial charge in [-0.2, -0.15) is 0 Å². The highest BCUT2D eigenvalue weighted by Gasteiger charge is 2.15. The zero-order chi connectivity index (χ0) is 18.3. The summed E-state index contributed by atoms with van der Waals surface area (Å²) in [5, 5.41) is 14.4. The number of aromatic nitrogens is 2. The molecule has 4 rings (SSSR count). The number of hydrogen-bond acceptors (Lipinski definition) is 6. The molecule has 8 nitrogen and oxygen atoms in total. The van der Waals surface area contributed by atoms with E-state index in [-0.39, 0.29) is 16.8 Å². The Morgan fingerprint density at radius 1 is 1.19 bits per heavy atom. The third-order valence-corrected chi connectivity index (χ3v) is 4.73. The van der Waals surface area contributed by atoms with Crippen LogP contribution in [0.15, 0.2) is 53.3 Å². The second-order valence-corrected chi connectivity index (χ2v) is 6.51. The Bertz CT molecular complexity index is 1240. The molecule has 0 spiro atoms. The fourth-order valence-electron chi connectivity index (χ4n) is 2.64. The van der Waals surface area contributed by atoms with E-state index in [9.17, 15) is 19.7 Å². The highest BCUT2D eigenvalue weighted by Crippen LogP contribution is 2.29. The van der Waals surface area contributed by atoms with Gasteiger partial charge < -0.3 is 4.98 Å². The number of pyridine rings is 1. The zero-order valence-corrected chi connectivity index (χ0v) is 13.9. The van der Waals surface area contributed by atoms with E-state index in [4.69, 9.17) is 0 Å². The molecule has 9 heteroatoms. The van der Waals surface area contributed by atoms with Gasteiger partial charge >= 0.3 is 0 Å². The molecule has 0 saturated heterocycles. The standard InChI is InChI=1S/C17H10N4O4S/c22-15-8-11(10-3-1-2-4-12(10)18-15)16(23)20-17-19-13-6-5-9(21(24)25)7-14(13)26-17/h1-8H,(H,18,22)(H,19,20,23). The average molecular weight is 366 g/mol. The first-order chi connectivity index (χ1) is 12.5. The Morgan fingerprint density at radius 2 is 2.00 bits per heavy atom. The molecule has 0 radical (unpaired) electrons. The minimum atomic E-state index is -0.486. The molecule has 128 valence electrons. The molecule has 0 atom stereocenters. The van der Waals surface area contributed by atoms with Gasteiger partial charge in [-0.3, -0.25) is 25.0 Å². The number of nitrogens with zero attached hydrogens (tertiary/aromatic N) is 2. The summed E-state index contributed by atoms with van der Waals surface area (Å²) >= 11 is 1.13. The maximum atomic E-state index is 12.6. The molecule has 4 aromatic rings. The van der Waals surface area contributed by atoms with Crippen molar-refractivity contribution in [3.63, 3.8) is 0 Å². The first kappa shape index (κ1) is 15.9. The van der Waals surface area contributed by atoms with E-state index in [1.807, 2.05) is 0 Å². The smallest absolute Gasteiger partial charge is 0.270 e. The van der Waals surface area contributed by atoms with Gasteiger partial charge in [-0.15, -0.1) is 0 Å². The number of carbonyl (C=O) groups is 1. The van der Waals surface area contributed by atoms with Gasteiger partial charge in [0.25, 0.3) is 11.6 Å². The van der Waals surface area contributed by atoms with Crippen LogP contribution in [-0.4, -0.2) is 20.8 Å². The summed E-state index contributed by atoms with van der Waals surface area (Å²) in [5.41, 5.74) is 0.916. The van der Waals surface area contributed by atoms with Gasteiger partial charge in [-0.1, -0.05) is 29.5 Å². The molecule has 0 aliphatic carbocycles. The Kier molecular flexibility index (Phi) is 3.70. The number of rotatable bonds is 3. The lowest BCUT2D eigenvalue weighted by Crippen LogP contribution is -2.16. The zero-order valence-electron chi connectivity index (χ0n) is 13.1. The van der Waals surface area contributed by atoms with E-state index >= 15 is 0 Å². The van der Waals surface area contributed by atoms with Crippen molar-refractivity contribution in [1.29, 1.82) is 0 Å². The van der Waals surface area contributed by atoms with Crippen molar-refractivity contribution in [2.24, 2.45) is 0 Å². The van der Waals surface area contributed by atoms with Crippen molar-refractivity contribution in [3.05, 3.63) is 74.6 Å². The molecular formula is C17H10N4O4S. The summed E-state index contributed by atoms with van der Waals surface area (Å²) in [6.07, 6.45) is 0. The van der Waals surface area contributed by atoms with E-state index < -0.39 is 10.8 Å². The Balaban J connectivity index is 1.72. The highest BCUT2D eigenvalue weighted by molar-refractivity contribution is 7.22. The molecule has 0 aliphatic rings. The van der Waals surface area contributed by atoms with Gasteiger partial charge in [0.2, 0.25) is 5.56 Å². The van der Waals surface area contributed by atoms with Gasteiger partial charge in [0.1, 0.15) is 0 Å². The van der Waals surface area contributed by atoms with Crippen LogP contribution in [0.25, 0.3) is 21.1 Å². The molecule has 2 heterocycles. The van der Waals surface area contributed by atoms with E-state index in [1.165, 1.54) is 24.3 Å². The number of nitrogens with one attached hydrogen (secondary N) is 2. The van der Waals surface area contributed by atoms with Gasteiger partial charge in [-0.25, -0.2) is 4.98 Å². The number of thiazole rings is 1. The number of carbonyl (C=O) groups excluding carboxylic acids is 1. The number of anilines is 1. The number of nitro benzene ring substituents is 1. The van der Waals surface area contributed by atoms with E-state index in [0.717, 1.165) is 11.3 Å². The Labute approximate surface area is 149 Å². The predicted molar refractivity (Wildman–Crippen MR) is 98.8 cm³/mol. The number of benzene rings is 2. The fourth-order valence-corrected chi connectivity index (χ4v) is 3.53. The number of hydrogen-bond donors (Lipinski definition) is 2. The summed E-state index contributed by atoms with van der Waals surface area (Å²) in [4.78, 5) is 41.7. The fraction of sp³-hybridized carbons (Fsp3) is 0. The number of non-ortho nitro benzene ring substituents is 1. The lowest BCUT2D eigenvalue weighted by atomic mass is 10.1. The van der Waals surface area contributed by atoms with Crippen molar-refractivity contribution in [1.82, 2.24) is 9.97 Å². The lowest BCUT2D eigenvalue weighted by molar-refractivity contribution is -0.384. The maximum Gasteiger partial charge on any atom is 0.270 e. The first-order valence-corrected chi connectivity index (χ1v) is 8.31. The number of para-hydroxylation sites is 1. The van der Waals surface area contributed by atoms with Crippen LogP contribution in [0, 0.1) is 10.1 Å². The average Bonchev–Trinajstić information content (AvgIpc) is 3.02. The molecule has 0 saturated carbocycles. The van der Waals surface area contributed by atoms with Crippen LogP contribution in [-0.2, 0) is 0 Å². The van der Waals surface area contributed by atoms with Crippen LogP contribution in [0.1, 0.15) is 10.4 Å². The first-order valence-electron chi connectivity index (χ1n) is 7.50. The molecule has 0 fully saturated rings. The van der Waals surface area contributed by atoms with Crippen LogP contribution >= 0.6 is 11.3 Å². The summed E-state index contributed by atoms with van der Waals surface area (Å²) in [6.45, 7) is 0. The van der Waals surface area contributed by atoms with Crippen molar-refractivity contribution in [2.75, 3.05) is 5.32 Å². The topological polar surface area (TPSA) is 118 Å². The molecule has 0 aliphatic heterocycles. The van der Waals surface area contributed by atoms with Crippen LogP contribution in [0.2, 0.25) is 0 Å². The largest absolute Gasteiger partial charge is 0.322 e. The molecular weight excluding hydrogens is 356 g/mol. The molecule has 26 heavy (non-hydrogen) atoms. The molecule has 0 unspecified atom stereocenters. The van der Waals surface area contributed by atoms with Crippen LogP contribution < -0.4 is 10.9 Å². The van der Waals surface area contributed by atoms with Crippen molar-refractivity contribution >= 4 is 49.2 Å². The molecule has 0 bridgehead atoms. The van der Waals surface area contributed by atoms with Crippen LogP contribution in [0.5, 0.6) is 0 Å². The van der Waals surface area contributed by atoms with E-state index in [2.05, 4.69) is 15.3 Å². The molecule has 2 N–H and O–H groups in total. The summed E-state index contributed by atoms with van der Waals surface area (Å²) in [6, 6.07) is 12.5. The normalized spacial score (nSPS) is 10.9. The van der Waals surface area contributed by atoms with Gasteiger partial charge in [0.05, 0.1) is 20.7 Å². The van der Waals surface area contributed by atoms with Gasteiger partial charge in [0, 0.05) is 29.1 Å². The lowest BCUT2D eigenvalue weighted by Gasteiger charge is -2.05. The third kappa shape index (κ3) is 2.80. The number of aromatic amines is 1. The minimum absolute atomic E-state index is 0.0420. The summed E-state index contributed by atoms with van der Waals surface area (Å²) in [5.74, 6) is -0.471. The second kappa shape index (κ2) is 6.05. The second-order valence-electron chi connectivity index (χ2n) is 5.48. The number of amides is 1. The van der Waals surface area contributed by atoms with Crippen molar-refractivity contribution < 1.29 is 9.72 Å². The number of H-pyrrole nitrogens is 1. The number of fused-ring (bicyclic) bond motifs is 2. The van der Waals surface area contributed by atoms with E-state index in [0.29, 0.717) is 26.3 Å². The summed E-state index contributed by atoms with van der Waals surface area (Å²) in [7, 11) is 0. The van der Waals surface area contributed by atoms with Crippen molar-refractivity contribution in [3.8, 4) is 0 Å². The molecule has 1 amide bonds. The predicted octanol–water partition coefficient (Wildman–Crippen LogP) is 3.30. The SMILES string of the molecule is O=C(Nc1nc2ccc([N+](=O)[O-])cc2s1)c1cc(=O)[nH]c2ccccc12. The number of nitro groups is 1. The highest BCUT2D eigenvalue weighted by atomic mass is 32.1. The monoisotopic (exact) mass is 366 g/mol.